The molecule has 0 fully saturated rings. The third-order valence-corrected chi connectivity index (χ3v) is 3.30. The van der Waals surface area contributed by atoms with Crippen LogP contribution in [0.5, 0.6) is 11.5 Å². The lowest BCUT2D eigenvalue weighted by atomic mass is 10.1. The molecule has 0 aromatic heterocycles. The first-order valence-corrected chi connectivity index (χ1v) is 6.65. The summed E-state index contributed by atoms with van der Waals surface area (Å²) in [5, 5.41) is 11.2. The number of nitrogens with two attached hydrogens (primary N) is 1. The minimum absolute atomic E-state index is 0.0231. The van der Waals surface area contributed by atoms with Gasteiger partial charge in [-0.3, -0.25) is 10.1 Å². The van der Waals surface area contributed by atoms with E-state index in [1.165, 1.54) is 6.07 Å². The van der Waals surface area contributed by atoms with Crippen LogP contribution in [0.25, 0.3) is 0 Å². The smallest absolute Gasteiger partial charge is 0.312 e. The molecular weight excluding hydrogens is 268 g/mol. The van der Waals surface area contributed by atoms with E-state index in [0.717, 1.165) is 22.3 Å². The second-order valence-electron chi connectivity index (χ2n) is 5.09. The van der Waals surface area contributed by atoms with Gasteiger partial charge >= 0.3 is 5.69 Å². The molecule has 21 heavy (non-hydrogen) atoms. The largest absolute Gasteiger partial charge is 0.450 e. The van der Waals surface area contributed by atoms with Crippen LogP contribution < -0.4 is 10.5 Å². The molecule has 0 heterocycles. The summed E-state index contributed by atoms with van der Waals surface area (Å²) in [4.78, 5) is 10.8. The summed E-state index contributed by atoms with van der Waals surface area (Å²) in [6.07, 6.45) is 0. The Kier molecular flexibility index (Phi) is 4.23. The minimum atomic E-state index is -0.419. The topological polar surface area (TPSA) is 78.4 Å². The average Bonchev–Trinajstić information content (AvgIpc) is 2.43. The van der Waals surface area contributed by atoms with Crippen molar-refractivity contribution in [3.8, 4) is 11.5 Å². The number of rotatable bonds is 4. The maximum Gasteiger partial charge on any atom is 0.312 e. The summed E-state index contributed by atoms with van der Waals surface area (Å²) >= 11 is 0. The van der Waals surface area contributed by atoms with E-state index in [1.807, 2.05) is 38.1 Å². The quantitative estimate of drug-likeness (QED) is 0.685. The molecule has 0 aliphatic carbocycles. The number of hydrogen-bond acceptors (Lipinski definition) is 4. The van der Waals surface area contributed by atoms with Crippen LogP contribution in [0.15, 0.2) is 30.3 Å². The molecule has 2 N–H and O–H groups in total. The normalized spacial score (nSPS) is 10.5. The Hall–Kier alpha value is -2.40. The molecule has 5 heteroatoms. The van der Waals surface area contributed by atoms with Gasteiger partial charge < -0.3 is 10.5 Å². The first kappa shape index (κ1) is 15.0. The van der Waals surface area contributed by atoms with Gasteiger partial charge in [0.15, 0.2) is 0 Å². The van der Waals surface area contributed by atoms with Crippen LogP contribution in [0.4, 0.5) is 5.69 Å². The molecule has 0 aliphatic heterocycles. The Labute approximate surface area is 123 Å². The van der Waals surface area contributed by atoms with Gasteiger partial charge in [0, 0.05) is 12.6 Å². The van der Waals surface area contributed by atoms with E-state index in [-0.39, 0.29) is 11.4 Å². The molecule has 0 atom stereocenters. The van der Waals surface area contributed by atoms with E-state index in [0.29, 0.717) is 12.3 Å². The molecule has 0 radical (unpaired) electrons. The number of aryl methyl sites for hydroxylation is 3. The molecule has 0 spiro atoms. The molecule has 0 saturated carbocycles. The predicted octanol–water partition coefficient (Wildman–Crippen LogP) is 3.77. The van der Waals surface area contributed by atoms with Crippen molar-refractivity contribution in [2.24, 2.45) is 5.73 Å². The second kappa shape index (κ2) is 5.93. The van der Waals surface area contributed by atoms with Crippen LogP contribution in [0.3, 0.4) is 0 Å². The summed E-state index contributed by atoms with van der Waals surface area (Å²) in [5.74, 6) is 0.871. The maximum absolute atomic E-state index is 11.2. The average molecular weight is 286 g/mol. The van der Waals surface area contributed by atoms with Gasteiger partial charge in [0.05, 0.1) is 4.92 Å². The maximum atomic E-state index is 11.2. The first-order chi connectivity index (χ1) is 9.92. The third kappa shape index (κ3) is 3.20. The van der Waals surface area contributed by atoms with Crippen LogP contribution >= 0.6 is 0 Å². The summed E-state index contributed by atoms with van der Waals surface area (Å²) in [6.45, 7) is 5.91. The summed E-state index contributed by atoms with van der Waals surface area (Å²) < 4.78 is 5.83. The van der Waals surface area contributed by atoms with Crippen molar-refractivity contribution in [3.05, 3.63) is 62.7 Å². The first-order valence-electron chi connectivity index (χ1n) is 6.65. The second-order valence-corrected chi connectivity index (χ2v) is 5.09. The molecule has 2 aromatic rings. The Morgan fingerprint density at radius 2 is 1.86 bits per heavy atom. The van der Waals surface area contributed by atoms with Crippen molar-refractivity contribution in [2.45, 2.75) is 27.3 Å². The highest BCUT2D eigenvalue weighted by Crippen LogP contribution is 2.36. The van der Waals surface area contributed by atoms with E-state index >= 15 is 0 Å². The highest BCUT2D eigenvalue weighted by atomic mass is 16.6. The minimum Gasteiger partial charge on any atom is -0.450 e. The molecule has 110 valence electrons. The van der Waals surface area contributed by atoms with Crippen LogP contribution in [-0.2, 0) is 6.54 Å². The Balaban J connectivity index is 2.51. The molecule has 2 aromatic carbocycles. The van der Waals surface area contributed by atoms with Gasteiger partial charge in [0.1, 0.15) is 5.75 Å². The van der Waals surface area contributed by atoms with Gasteiger partial charge in [-0.05, 0) is 49.1 Å². The molecule has 0 amide bonds. The lowest BCUT2D eigenvalue weighted by Gasteiger charge is -2.13. The summed E-state index contributed by atoms with van der Waals surface area (Å²) in [6, 6.07) is 9.01. The molecule has 0 bridgehead atoms. The monoisotopic (exact) mass is 286 g/mol. The van der Waals surface area contributed by atoms with E-state index < -0.39 is 4.92 Å². The lowest BCUT2D eigenvalue weighted by molar-refractivity contribution is -0.385. The van der Waals surface area contributed by atoms with Crippen molar-refractivity contribution in [1.82, 2.24) is 0 Å². The van der Waals surface area contributed by atoms with Gasteiger partial charge in [0.25, 0.3) is 0 Å². The number of nitro groups is 1. The van der Waals surface area contributed by atoms with Crippen LogP contribution in [0.1, 0.15) is 22.3 Å². The molecule has 0 saturated heterocycles. The van der Waals surface area contributed by atoms with Gasteiger partial charge in [-0.1, -0.05) is 18.2 Å². The molecule has 5 nitrogen and oxygen atoms in total. The van der Waals surface area contributed by atoms with Crippen molar-refractivity contribution < 1.29 is 9.66 Å². The molecule has 0 unspecified atom stereocenters. The van der Waals surface area contributed by atoms with Gasteiger partial charge in [-0.25, -0.2) is 0 Å². The summed E-state index contributed by atoms with van der Waals surface area (Å²) in [7, 11) is 0. The zero-order chi connectivity index (χ0) is 15.6. The SMILES string of the molecule is Cc1cc(C)c(Oc2cc(CN)ccc2C)c([N+](=O)[O-])c1. The number of ether oxygens (including phenoxy) is 1. The van der Waals surface area contributed by atoms with Crippen LogP contribution in [0, 0.1) is 30.9 Å². The fourth-order valence-corrected chi connectivity index (χ4v) is 2.19. The van der Waals surface area contributed by atoms with E-state index in [9.17, 15) is 10.1 Å². The predicted molar refractivity (Wildman–Crippen MR) is 81.7 cm³/mol. The Morgan fingerprint density at radius 3 is 2.48 bits per heavy atom. The standard InChI is InChI=1S/C16H18N2O3/c1-10-6-12(3)16(14(7-10)18(19)20)21-15-8-13(9-17)5-4-11(15)2/h4-8H,9,17H2,1-3H3. The van der Waals surface area contributed by atoms with Crippen LogP contribution in [-0.4, -0.2) is 4.92 Å². The molecular formula is C16H18N2O3. The number of hydrogen-bond donors (Lipinski definition) is 1. The number of nitrogens with zero attached hydrogens (tertiary/aromatic N) is 1. The van der Waals surface area contributed by atoms with Crippen molar-refractivity contribution in [3.63, 3.8) is 0 Å². The van der Waals surface area contributed by atoms with Crippen molar-refractivity contribution in [1.29, 1.82) is 0 Å². The molecule has 0 aliphatic rings. The number of nitro benzene ring substituents is 1. The fourth-order valence-electron chi connectivity index (χ4n) is 2.19. The molecule has 2 rings (SSSR count). The highest BCUT2D eigenvalue weighted by molar-refractivity contribution is 5.56. The lowest BCUT2D eigenvalue weighted by Crippen LogP contribution is -2.00. The van der Waals surface area contributed by atoms with Gasteiger partial charge in [-0.15, -0.1) is 0 Å². The third-order valence-electron chi connectivity index (χ3n) is 3.30. The Morgan fingerprint density at radius 1 is 1.14 bits per heavy atom. The number of benzene rings is 2. The van der Waals surface area contributed by atoms with E-state index in [2.05, 4.69) is 0 Å². The zero-order valence-electron chi connectivity index (χ0n) is 12.3. The van der Waals surface area contributed by atoms with E-state index in [1.54, 1.807) is 6.92 Å². The van der Waals surface area contributed by atoms with Crippen molar-refractivity contribution in [2.75, 3.05) is 0 Å². The highest BCUT2D eigenvalue weighted by Gasteiger charge is 2.20. The van der Waals surface area contributed by atoms with Gasteiger partial charge in [-0.2, -0.15) is 0 Å². The van der Waals surface area contributed by atoms with Gasteiger partial charge in [0.2, 0.25) is 5.75 Å². The van der Waals surface area contributed by atoms with Crippen molar-refractivity contribution >= 4 is 5.69 Å². The van der Waals surface area contributed by atoms with E-state index in [4.69, 9.17) is 10.5 Å². The zero-order valence-corrected chi connectivity index (χ0v) is 12.3. The summed E-state index contributed by atoms with van der Waals surface area (Å²) in [5.41, 5.74) is 8.99. The Bertz CT molecular complexity index is 696. The fraction of sp³-hybridized carbons (Fsp3) is 0.250. The van der Waals surface area contributed by atoms with Crippen LogP contribution in [0.2, 0.25) is 0 Å².